The van der Waals surface area contributed by atoms with Gasteiger partial charge in [0, 0.05) is 42.0 Å². The maximum absolute atomic E-state index is 12.9. The molecule has 61 heavy (non-hydrogen) atoms. The van der Waals surface area contributed by atoms with Gasteiger partial charge in [0.05, 0.1) is 18.0 Å². The van der Waals surface area contributed by atoms with Crippen molar-refractivity contribution in [3.8, 4) is 11.1 Å². The first-order valence-corrected chi connectivity index (χ1v) is 20.9. The second-order valence-corrected chi connectivity index (χ2v) is 17.1. The van der Waals surface area contributed by atoms with E-state index in [9.17, 15) is 19.2 Å². The van der Waals surface area contributed by atoms with E-state index in [2.05, 4.69) is 82.5 Å². The maximum Gasteiger partial charge on any atom is 0.327 e. The number of amides is 4. The molecule has 1 aliphatic heterocycles. The largest absolute Gasteiger partial charge is 0.352 e. The first-order valence-electron chi connectivity index (χ1n) is 20.9. The topological polar surface area (TPSA) is 202 Å². The second-order valence-electron chi connectivity index (χ2n) is 17.1. The lowest BCUT2D eigenvalue weighted by Gasteiger charge is -2.46. The fourth-order valence-corrected chi connectivity index (χ4v) is 7.85. The molecule has 15 heteroatoms. The van der Waals surface area contributed by atoms with Crippen LogP contribution in [0.5, 0.6) is 0 Å². The number of hydrazine groups is 1. The van der Waals surface area contributed by atoms with Crippen molar-refractivity contribution in [3.05, 3.63) is 107 Å². The summed E-state index contributed by atoms with van der Waals surface area (Å²) in [5.41, 5.74) is 22.4. The molecule has 3 aromatic carbocycles. The summed E-state index contributed by atoms with van der Waals surface area (Å²) in [6.07, 6.45) is 8.53. The van der Waals surface area contributed by atoms with Crippen molar-refractivity contribution in [3.63, 3.8) is 0 Å². The van der Waals surface area contributed by atoms with E-state index >= 15 is 0 Å². The standard InChI is InChI=1S/C46H60N10O5/c1-31-23-35(16-18-39(31)52-47)34-14-11-13-33(25-34)30-61-49-21-10-8-7-9-20-48-42(58)36-15-12-22-56(28-36)29-41(57)50-37-17-19-40(32(2)24-37)53-54-44(60)43(59)51-38-26-45(3,4)55-46(5,6)27-38/h11-19,22-25,28,38,49,55H,7-10,20-21,26-27,29-30H2,1-6H3,(H5-,47,48,50,51,52,53,54,57,58,59,60)/p+1. The average Bonchev–Trinajstić information content (AvgIpc) is 3.20. The van der Waals surface area contributed by atoms with Gasteiger partial charge in [0.25, 0.3) is 11.8 Å². The van der Waals surface area contributed by atoms with Crippen LogP contribution in [0.1, 0.15) is 93.3 Å². The maximum atomic E-state index is 12.9. The summed E-state index contributed by atoms with van der Waals surface area (Å²) in [5, 5.41) is 15.8. The van der Waals surface area contributed by atoms with Crippen LogP contribution in [0.3, 0.4) is 0 Å². The Morgan fingerprint density at radius 2 is 1.57 bits per heavy atom. The number of carbonyl (C=O) groups excluding carboxylic acids is 4. The van der Waals surface area contributed by atoms with Crippen LogP contribution in [0, 0.1) is 19.4 Å². The van der Waals surface area contributed by atoms with Gasteiger partial charge < -0.3 is 21.3 Å². The van der Waals surface area contributed by atoms with Crippen LogP contribution in [0.2, 0.25) is 0 Å². The van der Waals surface area contributed by atoms with Gasteiger partial charge in [0.1, 0.15) is 5.56 Å². The number of anilines is 2. The number of aryl methyl sites for hydroxylation is 2. The zero-order valence-electron chi connectivity index (χ0n) is 36.2. The summed E-state index contributed by atoms with van der Waals surface area (Å²) in [7, 11) is 0. The molecule has 0 bridgehead atoms. The van der Waals surface area contributed by atoms with Crippen LogP contribution in [-0.4, -0.2) is 53.8 Å². The van der Waals surface area contributed by atoms with Gasteiger partial charge in [-0.1, -0.05) is 37.1 Å². The van der Waals surface area contributed by atoms with Gasteiger partial charge in [-0.3, -0.25) is 34.9 Å². The highest BCUT2D eigenvalue weighted by Gasteiger charge is 2.38. The smallest absolute Gasteiger partial charge is 0.327 e. The Morgan fingerprint density at radius 3 is 2.30 bits per heavy atom. The van der Waals surface area contributed by atoms with Crippen molar-refractivity contribution in [2.75, 3.05) is 23.8 Å². The molecule has 8 N–H and O–H groups in total. The van der Waals surface area contributed by atoms with E-state index in [1.165, 1.54) is 0 Å². The highest BCUT2D eigenvalue weighted by molar-refractivity contribution is 6.35. The third-order valence-corrected chi connectivity index (χ3v) is 10.4. The van der Waals surface area contributed by atoms with Gasteiger partial charge in [0.2, 0.25) is 6.54 Å². The quantitative estimate of drug-likeness (QED) is 0.0173. The van der Waals surface area contributed by atoms with Crippen LogP contribution in [-0.2, 0) is 32.4 Å². The summed E-state index contributed by atoms with van der Waals surface area (Å²) >= 11 is 0. The van der Waals surface area contributed by atoms with Crippen molar-refractivity contribution >= 4 is 40.7 Å². The zero-order valence-corrected chi connectivity index (χ0v) is 36.2. The number of carbonyl (C=O) groups is 4. The molecule has 0 saturated carbocycles. The van der Waals surface area contributed by atoms with Crippen molar-refractivity contribution in [1.29, 1.82) is 5.53 Å². The Bertz CT molecular complexity index is 2170. The molecule has 1 fully saturated rings. The Labute approximate surface area is 358 Å². The summed E-state index contributed by atoms with van der Waals surface area (Å²) < 4.78 is 1.66. The molecule has 0 aliphatic carbocycles. The van der Waals surface area contributed by atoms with Gasteiger partial charge in [-0.15, -0.1) is 0 Å². The van der Waals surface area contributed by atoms with Gasteiger partial charge in [0.15, 0.2) is 12.4 Å². The molecule has 5 rings (SSSR count). The number of pyridine rings is 1. The fourth-order valence-electron chi connectivity index (χ4n) is 7.85. The molecule has 324 valence electrons. The number of hydroxylamine groups is 1. The minimum absolute atomic E-state index is 0.0000141. The van der Waals surface area contributed by atoms with Crippen molar-refractivity contribution in [2.45, 2.75) is 110 Å². The van der Waals surface area contributed by atoms with E-state index in [-0.39, 0.29) is 35.5 Å². The Morgan fingerprint density at radius 1 is 0.836 bits per heavy atom. The number of rotatable bonds is 19. The number of unbranched alkanes of at least 4 members (excludes halogenated alkanes) is 3. The molecule has 1 aliphatic rings. The van der Waals surface area contributed by atoms with Crippen LogP contribution >= 0.6 is 0 Å². The SMILES string of the molecule is Cc1cc(-c2cccc(CONCCCCCCNC(=O)c3ccc[n+](CC(=O)Nc4ccc(NNC(=O)C(=O)NC5CC(C)(C)NC(C)(C)C5)c(C)c4)c3)c2)ccc1N=N. The number of hydrogen-bond acceptors (Lipinski definition) is 10. The fraction of sp³-hybridized carbons (Fsp3) is 0.413. The molecule has 15 nitrogen and oxygen atoms in total. The Hall–Kier alpha value is -6.03. The van der Waals surface area contributed by atoms with E-state index in [0.717, 1.165) is 60.0 Å². The van der Waals surface area contributed by atoms with Crippen LogP contribution in [0.25, 0.3) is 11.1 Å². The minimum Gasteiger partial charge on any atom is -0.352 e. The molecule has 0 unspecified atom stereocenters. The van der Waals surface area contributed by atoms with Gasteiger partial charge in [-0.05, 0) is 138 Å². The first-order chi connectivity index (χ1) is 29.1. The highest BCUT2D eigenvalue weighted by atomic mass is 16.6. The van der Waals surface area contributed by atoms with Crippen LogP contribution < -0.4 is 42.2 Å². The number of nitrogens with one attached hydrogen (secondary N) is 8. The lowest BCUT2D eigenvalue weighted by atomic mass is 9.79. The first kappa shape index (κ1) is 46.0. The number of benzene rings is 3. The van der Waals surface area contributed by atoms with Crippen molar-refractivity contribution in [1.82, 2.24) is 26.9 Å². The molecule has 0 atom stereocenters. The third kappa shape index (κ3) is 14.6. The normalized spacial score (nSPS) is 14.4. The van der Waals surface area contributed by atoms with Crippen molar-refractivity contribution < 1.29 is 28.6 Å². The summed E-state index contributed by atoms with van der Waals surface area (Å²) in [4.78, 5) is 56.7. The summed E-state index contributed by atoms with van der Waals surface area (Å²) in [5.74, 6) is -1.98. The number of piperidine rings is 1. The predicted molar refractivity (Wildman–Crippen MR) is 236 cm³/mol. The molecular formula is C46H61N10O5+. The second kappa shape index (κ2) is 21.5. The van der Waals surface area contributed by atoms with E-state index in [1.807, 2.05) is 44.2 Å². The molecule has 1 aromatic heterocycles. The lowest BCUT2D eigenvalue weighted by molar-refractivity contribution is -0.684. The van der Waals surface area contributed by atoms with E-state index < -0.39 is 11.8 Å². The summed E-state index contributed by atoms with van der Waals surface area (Å²) in [6, 6.07) is 22.5. The molecule has 4 amide bonds. The Kier molecular flexibility index (Phi) is 16.2. The summed E-state index contributed by atoms with van der Waals surface area (Å²) in [6.45, 7) is 13.8. The molecule has 2 heterocycles. The molecule has 0 radical (unpaired) electrons. The highest BCUT2D eigenvalue weighted by Crippen LogP contribution is 2.29. The minimum atomic E-state index is -0.794. The van der Waals surface area contributed by atoms with Crippen LogP contribution in [0.4, 0.5) is 17.1 Å². The molecule has 4 aromatic rings. The van der Waals surface area contributed by atoms with Gasteiger partial charge in [-0.25, -0.2) is 11.0 Å². The van der Waals surface area contributed by atoms with Gasteiger partial charge >= 0.3 is 11.8 Å². The van der Waals surface area contributed by atoms with Crippen LogP contribution in [0.15, 0.2) is 90.3 Å². The van der Waals surface area contributed by atoms with Gasteiger partial charge in [-0.2, -0.15) is 9.68 Å². The lowest BCUT2D eigenvalue weighted by Crippen LogP contribution is -2.63. The number of aromatic nitrogens is 1. The zero-order chi connectivity index (χ0) is 44.0. The third-order valence-electron chi connectivity index (χ3n) is 10.4. The van der Waals surface area contributed by atoms with Crippen molar-refractivity contribution in [2.24, 2.45) is 5.11 Å². The number of nitrogens with zero attached hydrogens (tertiary/aromatic N) is 2. The molecule has 0 spiro atoms. The number of hydrogen-bond donors (Lipinski definition) is 8. The molecular weight excluding hydrogens is 773 g/mol. The molecule has 1 saturated heterocycles. The Balaban J connectivity index is 0.943. The van der Waals surface area contributed by atoms with E-state index in [4.69, 9.17) is 10.4 Å². The predicted octanol–water partition coefficient (Wildman–Crippen LogP) is 6.44. The monoisotopic (exact) mass is 833 g/mol. The van der Waals surface area contributed by atoms with E-state index in [0.29, 0.717) is 48.6 Å². The average molecular weight is 834 g/mol. The van der Waals surface area contributed by atoms with E-state index in [1.54, 1.807) is 47.3 Å².